The molecule has 4 nitrogen and oxygen atoms in total. The molecule has 0 aliphatic heterocycles. The van der Waals surface area contributed by atoms with Gasteiger partial charge in [-0.15, -0.1) is 10.2 Å². The van der Waals surface area contributed by atoms with Gasteiger partial charge >= 0.3 is 0 Å². The molecular formula is C20H22N2O2S2. The van der Waals surface area contributed by atoms with E-state index in [1.165, 1.54) is 28.7 Å². The van der Waals surface area contributed by atoms with E-state index in [0.717, 1.165) is 20.5 Å². The zero-order chi connectivity index (χ0) is 18.4. The molecule has 0 fully saturated rings. The smallest absolute Gasteiger partial charge is 0.174 e. The molecule has 2 aromatic carbocycles. The lowest BCUT2D eigenvalue weighted by atomic mass is 9.97. The zero-order valence-electron chi connectivity index (χ0n) is 14.8. The van der Waals surface area contributed by atoms with E-state index in [1.54, 1.807) is 0 Å². The molecule has 0 spiro atoms. The number of aromatic nitrogens is 2. The van der Waals surface area contributed by atoms with E-state index in [4.69, 9.17) is 4.74 Å². The van der Waals surface area contributed by atoms with Gasteiger partial charge in [-0.25, -0.2) is 0 Å². The number of thioether (sulfide) groups is 1. The van der Waals surface area contributed by atoms with Crippen LogP contribution in [0.25, 0.3) is 0 Å². The summed E-state index contributed by atoms with van der Waals surface area (Å²) in [5.74, 6) is 0.532. The first-order valence-electron chi connectivity index (χ1n) is 8.46. The molecule has 1 aromatic heterocycles. The highest BCUT2D eigenvalue weighted by molar-refractivity contribution is 8.01. The maximum absolute atomic E-state index is 10.3. The summed E-state index contributed by atoms with van der Waals surface area (Å²) in [6.45, 7) is 4.27. The second kappa shape index (κ2) is 9.28. The predicted octanol–water partition coefficient (Wildman–Crippen LogP) is 4.41. The lowest BCUT2D eigenvalue weighted by Crippen LogP contribution is -2.21. The Morgan fingerprint density at radius 2 is 1.77 bits per heavy atom. The third kappa shape index (κ3) is 5.14. The molecule has 0 saturated heterocycles. The van der Waals surface area contributed by atoms with Crippen LogP contribution in [-0.2, 0) is 4.74 Å². The molecule has 6 heteroatoms. The Balaban J connectivity index is 1.65. The Hall–Kier alpha value is -1.73. The van der Waals surface area contributed by atoms with E-state index in [-0.39, 0.29) is 12.7 Å². The fourth-order valence-corrected chi connectivity index (χ4v) is 4.38. The van der Waals surface area contributed by atoms with Gasteiger partial charge in [0.05, 0.1) is 12.7 Å². The molecule has 2 unspecified atom stereocenters. The van der Waals surface area contributed by atoms with Crippen LogP contribution < -0.4 is 0 Å². The number of aliphatic hydroxyl groups excluding tert-OH is 1. The number of ether oxygens (including phenoxy) is 1. The number of rotatable bonds is 8. The van der Waals surface area contributed by atoms with Crippen LogP contribution in [0.15, 0.2) is 58.9 Å². The minimum Gasteiger partial charge on any atom is -0.390 e. The van der Waals surface area contributed by atoms with Crippen molar-refractivity contribution in [3.63, 3.8) is 0 Å². The van der Waals surface area contributed by atoms with E-state index in [2.05, 4.69) is 41.4 Å². The lowest BCUT2D eigenvalue weighted by Gasteiger charge is -2.22. The Labute approximate surface area is 162 Å². The van der Waals surface area contributed by atoms with E-state index >= 15 is 0 Å². The van der Waals surface area contributed by atoms with Crippen LogP contribution in [0.4, 0.5) is 0 Å². The summed E-state index contributed by atoms with van der Waals surface area (Å²) in [5, 5.41) is 19.3. The van der Waals surface area contributed by atoms with Crippen molar-refractivity contribution in [1.82, 2.24) is 10.2 Å². The van der Waals surface area contributed by atoms with Gasteiger partial charge in [0.25, 0.3) is 0 Å². The summed E-state index contributed by atoms with van der Waals surface area (Å²) in [5.41, 5.74) is 3.38. The number of nitrogens with zero attached hydrogens (tertiary/aromatic N) is 2. The van der Waals surface area contributed by atoms with Gasteiger partial charge in [-0.2, -0.15) is 0 Å². The third-order valence-corrected chi connectivity index (χ3v) is 6.05. The quantitative estimate of drug-likeness (QED) is 0.581. The highest BCUT2D eigenvalue weighted by Crippen LogP contribution is 2.29. The Kier molecular flexibility index (Phi) is 6.80. The standard InChI is InChI=1S/C20H22N2O2S2/c1-14-8-6-7-11-18(14)19(16-9-4-3-5-10-16)24-12-17(23)13-25-20-22-21-15(2)26-20/h3-11,17,19,23H,12-13H2,1-2H3. The van der Waals surface area contributed by atoms with Gasteiger partial charge in [0, 0.05) is 5.75 Å². The molecule has 0 radical (unpaired) electrons. The van der Waals surface area contributed by atoms with Crippen molar-refractivity contribution in [1.29, 1.82) is 0 Å². The first-order valence-corrected chi connectivity index (χ1v) is 10.3. The molecule has 26 heavy (non-hydrogen) atoms. The highest BCUT2D eigenvalue weighted by Gasteiger charge is 2.18. The van der Waals surface area contributed by atoms with Gasteiger partial charge in [-0.1, -0.05) is 77.7 Å². The summed E-state index contributed by atoms with van der Waals surface area (Å²) in [4.78, 5) is 0. The maximum Gasteiger partial charge on any atom is 0.174 e. The fourth-order valence-electron chi connectivity index (χ4n) is 2.63. The second-order valence-electron chi connectivity index (χ2n) is 6.03. The monoisotopic (exact) mass is 386 g/mol. The Morgan fingerprint density at radius 1 is 1.04 bits per heavy atom. The Bertz CT molecular complexity index is 823. The first kappa shape index (κ1) is 19.0. The van der Waals surface area contributed by atoms with Crippen molar-refractivity contribution in [3.05, 3.63) is 76.3 Å². The molecule has 3 aromatic rings. The summed E-state index contributed by atoms with van der Waals surface area (Å²) in [7, 11) is 0. The maximum atomic E-state index is 10.3. The topological polar surface area (TPSA) is 55.2 Å². The van der Waals surface area contributed by atoms with E-state index in [0.29, 0.717) is 5.75 Å². The second-order valence-corrected chi connectivity index (χ2v) is 8.48. The molecule has 0 saturated carbocycles. The molecule has 2 atom stereocenters. The average Bonchev–Trinajstić information content (AvgIpc) is 3.08. The van der Waals surface area contributed by atoms with Gasteiger partial charge in [-0.3, -0.25) is 0 Å². The number of benzene rings is 2. The van der Waals surface area contributed by atoms with Crippen molar-refractivity contribution >= 4 is 23.1 Å². The van der Waals surface area contributed by atoms with Crippen LogP contribution >= 0.6 is 23.1 Å². The molecule has 3 rings (SSSR count). The van der Waals surface area contributed by atoms with Gasteiger partial charge < -0.3 is 9.84 Å². The molecular weight excluding hydrogens is 364 g/mol. The normalized spacial score (nSPS) is 13.5. The SMILES string of the molecule is Cc1nnc(SCC(O)COC(c2ccccc2)c2ccccc2C)s1. The molecule has 1 heterocycles. The summed E-state index contributed by atoms with van der Waals surface area (Å²) >= 11 is 3.05. The predicted molar refractivity (Wildman–Crippen MR) is 107 cm³/mol. The van der Waals surface area contributed by atoms with Crippen molar-refractivity contribution in [2.24, 2.45) is 0 Å². The van der Waals surface area contributed by atoms with E-state index in [1.807, 2.05) is 37.3 Å². The van der Waals surface area contributed by atoms with Crippen LogP contribution in [0, 0.1) is 13.8 Å². The molecule has 136 valence electrons. The van der Waals surface area contributed by atoms with Crippen molar-refractivity contribution in [2.45, 2.75) is 30.4 Å². The fraction of sp³-hybridized carbons (Fsp3) is 0.300. The number of hydrogen-bond acceptors (Lipinski definition) is 6. The van der Waals surface area contributed by atoms with Crippen LogP contribution in [0.3, 0.4) is 0 Å². The van der Waals surface area contributed by atoms with Crippen molar-refractivity contribution in [2.75, 3.05) is 12.4 Å². The molecule has 1 N–H and O–H groups in total. The van der Waals surface area contributed by atoms with E-state index < -0.39 is 6.10 Å². The zero-order valence-corrected chi connectivity index (χ0v) is 16.5. The number of aryl methyl sites for hydroxylation is 2. The first-order chi connectivity index (χ1) is 12.6. The third-order valence-electron chi connectivity index (χ3n) is 3.94. The van der Waals surface area contributed by atoms with Crippen molar-refractivity contribution in [3.8, 4) is 0 Å². The van der Waals surface area contributed by atoms with Crippen LogP contribution in [0.5, 0.6) is 0 Å². The summed E-state index contributed by atoms with van der Waals surface area (Å²) < 4.78 is 7.03. The van der Waals surface area contributed by atoms with Crippen LogP contribution in [0.1, 0.15) is 27.8 Å². The molecule has 0 aliphatic carbocycles. The minimum absolute atomic E-state index is 0.194. The van der Waals surface area contributed by atoms with Gasteiger partial charge in [0.2, 0.25) is 0 Å². The lowest BCUT2D eigenvalue weighted by molar-refractivity contribution is 0.0153. The molecule has 0 aliphatic rings. The largest absolute Gasteiger partial charge is 0.390 e. The molecule has 0 bridgehead atoms. The van der Waals surface area contributed by atoms with Gasteiger partial charge in [0.15, 0.2) is 4.34 Å². The van der Waals surface area contributed by atoms with Crippen LogP contribution in [0.2, 0.25) is 0 Å². The summed E-state index contributed by atoms with van der Waals surface area (Å²) in [6.07, 6.45) is -0.764. The Morgan fingerprint density at radius 3 is 2.46 bits per heavy atom. The van der Waals surface area contributed by atoms with E-state index in [9.17, 15) is 5.11 Å². The number of hydrogen-bond donors (Lipinski definition) is 1. The highest BCUT2D eigenvalue weighted by atomic mass is 32.2. The van der Waals surface area contributed by atoms with Crippen LogP contribution in [-0.4, -0.2) is 33.8 Å². The van der Waals surface area contributed by atoms with Gasteiger partial charge in [0.1, 0.15) is 11.1 Å². The minimum atomic E-state index is -0.570. The molecule has 0 amide bonds. The van der Waals surface area contributed by atoms with Gasteiger partial charge in [-0.05, 0) is 30.5 Å². The number of aliphatic hydroxyl groups is 1. The average molecular weight is 387 g/mol. The summed E-state index contributed by atoms with van der Waals surface area (Å²) in [6, 6.07) is 18.3. The van der Waals surface area contributed by atoms with Crippen molar-refractivity contribution < 1.29 is 9.84 Å².